The van der Waals surface area contributed by atoms with Crippen molar-refractivity contribution in [3.8, 4) is 0 Å². The summed E-state index contributed by atoms with van der Waals surface area (Å²) >= 11 is -0.556. The Bertz CT molecular complexity index is 475. The molecule has 0 aromatic heterocycles. The van der Waals surface area contributed by atoms with Crippen LogP contribution in [-0.4, -0.2) is 5.11 Å². The summed E-state index contributed by atoms with van der Waals surface area (Å²) in [4.78, 5) is 0. The third-order valence-corrected chi connectivity index (χ3v) is 2.99. The van der Waals surface area contributed by atoms with Crippen molar-refractivity contribution in [2.24, 2.45) is 0 Å². The molecule has 1 N–H and O–H groups in total. The van der Waals surface area contributed by atoms with Crippen molar-refractivity contribution in [3.05, 3.63) is 59.2 Å². The van der Waals surface area contributed by atoms with Crippen molar-refractivity contribution < 1.29 is 22.1 Å². The van der Waals surface area contributed by atoms with E-state index in [9.17, 15) is 5.11 Å². The minimum absolute atomic E-state index is 0.308. The summed E-state index contributed by atoms with van der Waals surface area (Å²) in [5.41, 5.74) is 2.71. The molecule has 19 heavy (non-hydrogen) atoms. The van der Waals surface area contributed by atoms with Crippen molar-refractivity contribution in [3.63, 3.8) is 0 Å². The van der Waals surface area contributed by atoms with Crippen molar-refractivity contribution in [2.75, 3.05) is 0 Å². The van der Waals surface area contributed by atoms with E-state index < -0.39 is 22.6 Å². The Morgan fingerprint density at radius 2 is 1.79 bits per heavy atom. The van der Waals surface area contributed by atoms with Gasteiger partial charge in [-0.1, -0.05) is 48.1 Å². The van der Waals surface area contributed by atoms with E-state index in [4.69, 9.17) is 18.6 Å². The summed E-state index contributed by atoms with van der Waals surface area (Å²) in [7, 11) is 9.78. The fourth-order valence-electron chi connectivity index (χ4n) is 2.19. The molecule has 0 aliphatic heterocycles. The monoisotopic (exact) mass is 332 g/mol. The molecule has 0 saturated carbocycles. The molecule has 1 atom stereocenters. The topological polar surface area (TPSA) is 20.2 Å². The molecule has 0 radical (unpaired) electrons. The van der Waals surface area contributed by atoms with Gasteiger partial charge in [-0.05, 0) is 31.9 Å². The first-order valence-corrected chi connectivity index (χ1v) is 10.3. The van der Waals surface area contributed by atoms with Crippen LogP contribution in [0.1, 0.15) is 37.8 Å². The molecule has 0 heterocycles. The van der Waals surface area contributed by atoms with Gasteiger partial charge < -0.3 is 5.11 Å². The van der Waals surface area contributed by atoms with E-state index in [2.05, 4.69) is 31.2 Å². The van der Waals surface area contributed by atoms with E-state index in [-0.39, 0.29) is 0 Å². The summed E-state index contributed by atoms with van der Waals surface area (Å²) in [6.07, 6.45) is 6.54. The quantitative estimate of drug-likeness (QED) is 0.764. The number of aliphatic hydroxyl groups is 1. The summed E-state index contributed by atoms with van der Waals surface area (Å²) in [6, 6.07) is 8.11. The second-order valence-corrected chi connectivity index (χ2v) is 7.59. The van der Waals surface area contributed by atoms with E-state index >= 15 is 0 Å². The van der Waals surface area contributed by atoms with Gasteiger partial charge in [0.1, 0.15) is 0 Å². The van der Waals surface area contributed by atoms with Gasteiger partial charge in [-0.25, -0.2) is 0 Å². The van der Waals surface area contributed by atoms with Crippen LogP contribution in [0.3, 0.4) is 0 Å². The van der Waals surface area contributed by atoms with Crippen LogP contribution in [0.2, 0.25) is 0 Å². The number of rotatable bonds is 2. The van der Waals surface area contributed by atoms with Gasteiger partial charge in [0.25, 0.3) is 0 Å². The van der Waals surface area contributed by atoms with E-state index in [1.807, 2.05) is 32.0 Å². The number of benzene rings is 1. The second kappa shape index (κ2) is 7.66. The van der Waals surface area contributed by atoms with Crippen molar-refractivity contribution in [1.82, 2.24) is 0 Å². The Hall–Kier alpha value is -0.0457. The van der Waals surface area contributed by atoms with Gasteiger partial charge in [-0.15, -0.1) is 0 Å². The Labute approximate surface area is 132 Å². The zero-order valence-corrected chi connectivity index (χ0v) is 14.4. The average Bonchev–Trinajstić information content (AvgIpc) is 2.76. The summed E-state index contributed by atoms with van der Waals surface area (Å²) in [6.45, 7) is 5.77. The molecule has 1 aromatic carbocycles. The molecule has 1 aromatic rings. The van der Waals surface area contributed by atoms with Crippen molar-refractivity contribution >= 4 is 18.6 Å². The fraction of sp³-hybridized carbons (Fsp3) is 0.333. The fourth-order valence-corrected chi connectivity index (χ4v) is 2.19. The van der Waals surface area contributed by atoms with Gasteiger partial charge in [-0.2, -0.15) is 0 Å². The van der Waals surface area contributed by atoms with Crippen LogP contribution in [0.5, 0.6) is 0 Å². The van der Waals surface area contributed by atoms with Crippen LogP contribution >= 0.6 is 18.6 Å². The zero-order valence-electron chi connectivity index (χ0n) is 11.3. The molecule has 1 aliphatic carbocycles. The molecule has 0 amide bonds. The predicted molar refractivity (Wildman–Crippen MR) is 79.0 cm³/mol. The van der Waals surface area contributed by atoms with Crippen LogP contribution in [-0.2, 0) is 22.6 Å². The average molecular weight is 333 g/mol. The Balaban J connectivity index is 0.000000550. The number of hydrogen-bond donors (Lipinski definition) is 1. The molecule has 0 spiro atoms. The third kappa shape index (κ3) is 5.09. The standard InChI is InChI=1S/C15H18O.2ClH.Ti/c1-11-8-9-12(10-11)13-6-4-5-7-14(13)15(2,3)16;;;/h4-10,12,16H,1-3H3;2*1H;/q;;;+2/p-2. The van der Waals surface area contributed by atoms with E-state index in [1.165, 1.54) is 11.1 Å². The SMILES string of the molecule is CC1=CC(c2ccccc2C(C)(C)O)C=C1.[Cl][Ti][Cl]. The number of allylic oxidation sites excluding steroid dienone is 4. The summed E-state index contributed by atoms with van der Waals surface area (Å²) < 4.78 is 0. The van der Waals surface area contributed by atoms with Gasteiger partial charge in [0.15, 0.2) is 0 Å². The van der Waals surface area contributed by atoms with E-state index in [1.54, 1.807) is 0 Å². The molecule has 4 heteroatoms. The van der Waals surface area contributed by atoms with Crippen LogP contribution in [0.25, 0.3) is 0 Å². The van der Waals surface area contributed by atoms with Crippen molar-refractivity contribution in [1.29, 1.82) is 0 Å². The van der Waals surface area contributed by atoms with E-state index in [0.29, 0.717) is 5.92 Å². The molecule has 102 valence electrons. The first-order chi connectivity index (χ1) is 8.90. The number of halogens is 2. The normalized spacial score (nSPS) is 17.6. The van der Waals surface area contributed by atoms with Crippen LogP contribution < -0.4 is 0 Å². The molecular weight excluding hydrogens is 315 g/mol. The Morgan fingerprint density at radius 1 is 1.21 bits per heavy atom. The molecule has 1 nitrogen and oxygen atoms in total. The van der Waals surface area contributed by atoms with Gasteiger partial charge in [0, 0.05) is 5.92 Å². The van der Waals surface area contributed by atoms with Gasteiger partial charge in [0.2, 0.25) is 0 Å². The van der Waals surface area contributed by atoms with Crippen LogP contribution in [0, 0.1) is 0 Å². The van der Waals surface area contributed by atoms with Crippen LogP contribution in [0.15, 0.2) is 48.1 Å². The molecule has 1 unspecified atom stereocenters. The third-order valence-electron chi connectivity index (χ3n) is 2.99. The van der Waals surface area contributed by atoms with Gasteiger partial charge in [-0.3, -0.25) is 0 Å². The molecule has 1 aliphatic rings. The molecule has 0 saturated heterocycles. The predicted octanol–water partition coefficient (Wildman–Crippen LogP) is 4.89. The van der Waals surface area contributed by atoms with Crippen molar-refractivity contribution in [2.45, 2.75) is 32.3 Å². The first-order valence-electron chi connectivity index (χ1n) is 6.04. The Morgan fingerprint density at radius 3 is 2.26 bits per heavy atom. The minimum atomic E-state index is -0.783. The summed E-state index contributed by atoms with van der Waals surface area (Å²) in [5.74, 6) is 0.308. The maximum absolute atomic E-state index is 10.2. The summed E-state index contributed by atoms with van der Waals surface area (Å²) in [5, 5.41) is 10.2. The van der Waals surface area contributed by atoms with Gasteiger partial charge in [0.05, 0.1) is 5.60 Å². The molecule has 0 fully saturated rings. The molecule has 0 bridgehead atoms. The Kier molecular flexibility index (Phi) is 6.86. The van der Waals surface area contributed by atoms with Gasteiger partial charge >= 0.3 is 35.6 Å². The first kappa shape index (κ1) is 17.0. The van der Waals surface area contributed by atoms with E-state index in [0.717, 1.165) is 5.56 Å². The van der Waals surface area contributed by atoms with Crippen LogP contribution in [0.4, 0.5) is 0 Å². The molecule has 2 rings (SSSR count). The molecular formula is C15H18Cl2OTi. The zero-order chi connectivity index (χ0) is 14.5. The number of hydrogen-bond acceptors (Lipinski definition) is 1. The second-order valence-electron chi connectivity index (χ2n) is 5.01. The maximum atomic E-state index is 10.2.